The van der Waals surface area contributed by atoms with Crippen LogP contribution in [0.4, 0.5) is 0 Å². The van der Waals surface area contributed by atoms with Crippen molar-refractivity contribution >= 4 is 5.91 Å². The van der Waals surface area contributed by atoms with Crippen LogP contribution in [0.3, 0.4) is 0 Å². The highest BCUT2D eigenvalue weighted by atomic mass is 16.5. The van der Waals surface area contributed by atoms with E-state index in [1.807, 2.05) is 42.8 Å². The van der Waals surface area contributed by atoms with Gasteiger partial charge in [-0.15, -0.1) is 0 Å². The van der Waals surface area contributed by atoms with E-state index in [-0.39, 0.29) is 5.91 Å². The number of amides is 1. The molecule has 0 bridgehead atoms. The number of carbonyl (C=O) groups excluding carboxylic acids is 1. The van der Waals surface area contributed by atoms with Gasteiger partial charge in [0, 0.05) is 13.1 Å². The molecule has 3 rings (SSSR count). The summed E-state index contributed by atoms with van der Waals surface area (Å²) in [6, 6.07) is 11.9. The quantitative estimate of drug-likeness (QED) is 0.693. The fourth-order valence-electron chi connectivity index (χ4n) is 2.87. The Balaban J connectivity index is 1.78. The Bertz CT molecular complexity index is 851. The zero-order valence-corrected chi connectivity index (χ0v) is 14.8. The van der Waals surface area contributed by atoms with Crippen molar-refractivity contribution in [2.45, 2.75) is 33.4 Å². The molecular formula is C19H22N4O2. The van der Waals surface area contributed by atoms with Crippen LogP contribution in [0.25, 0.3) is 0 Å². The summed E-state index contributed by atoms with van der Waals surface area (Å²) < 4.78 is 6.96. The predicted octanol–water partition coefficient (Wildman–Crippen LogP) is 3.06. The summed E-state index contributed by atoms with van der Waals surface area (Å²) in [5, 5.41) is 8.38. The summed E-state index contributed by atoms with van der Waals surface area (Å²) in [5.74, 6) is 0.678. The van der Waals surface area contributed by atoms with Gasteiger partial charge in [0.15, 0.2) is 0 Å². The Labute approximate surface area is 147 Å². The third kappa shape index (κ3) is 3.79. The van der Waals surface area contributed by atoms with Crippen LogP contribution >= 0.6 is 0 Å². The van der Waals surface area contributed by atoms with Crippen LogP contribution in [-0.4, -0.2) is 32.8 Å². The highest BCUT2D eigenvalue weighted by Gasteiger charge is 2.20. The molecule has 0 saturated carbocycles. The Morgan fingerprint density at radius 3 is 2.68 bits per heavy atom. The predicted molar refractivity (Wildman–Crippen MR) is 94.2 cm³/mol. The highest BCUT2D eigenvalue weighted by Crippen LogP contribution is 2.15. The van der Waals surface area contributed by atoms with E-state index in [0.717, 1.165) is 29.1 Å². The molecule has 0 radical (unpaired) electrons. The lowest BCUT2D eigenvalue weighted by Gasteiger charge is -2.16. The SMILES string of the molecule is CCc1c(C(=O)N(C)Cc2cc(C)on2)cnn1Cc1ccccc1. The summed E-state index contributed by atoms with van der Waals surface area (Å²) >= 11 is 0. The van der Waals surface area contributed by atoms with E-state index >= 15 is 0 Å². The van der Waals surface area contributed by atoms with Crippen molar-refractivity contribution in [3.05, 3.63) is 70.9 Å². The standard InChI is InChI=1S/C19H22N4O2/c1-4-18-17(11-20-23(18)12-15-8-6-5-7-9-15)19(24)22(3)13-16-10-14(2)25-21-16/h5-11H,4,12-13H2,1-3H3. The maximum absolute atomic E-state index is 12.8. The lowest BCUT2D eigenvalue weighted by atomic mass is 10.1. The average Bonchev–Trinajstić information content (AvgIpc) is 3.21. The first-order chi connectivity index (χ1) is 12.1. The highest BCUT2D eigenvalue weighted by molar-refractivity contribution is 5.95. The molecule has 6 heteroatoms. The van der Waals surface area contributed by atoms with Crippen molar-refractivity contribution in [2.75, 3.05) is 7.05 Å². The van der Waals surface area contributed by atoms with E-state index in [4.69, 9.17) is 4.52 Å². The van der Waals surface area contributed by atoms with Crippen LogP contribution < -0.4 is 0 Å². The van der Waals surface area contributed by atoms with Crippen LogP contribution in [0.5, 0.6) is 0 Å². The third-order valence-corrected chi connectivity index (χ3v) is 4.11. The minimum atomic E-state index is -0.0585. The van der Waals surface area contributed by atoms with Gasteiger partial charge in [-0.25, -0.2) is 0 Å². The Hall–Kier alpha value is -2.89. The molecule has 0 saturated heterocycles. The van der Waals surface area contributed by atoms with Crippen LogP contribution in [0.15, 0.2) is 47.1 Å². The van der Waals surface area contributed by atoms with Gasteiger partial charge in [-0.05, 0) is 18.9 Å². The number of benzene rings is 1. The van der Waals surface area contributed by atoms with Crippen molar-refractivity contribution in [1.29, 1.82) is 0 Å². The van der Waals surface area contributed by atoms with E-state index in [2.05, 4.69) is 22.4 Å². The molecule has 3 aromatic rings. The molecule has 0 spiro atoms. The molecule has 1 aromatic carbocycles. The molecule has 0 fully saturated rings. The second kappa shape index (κ2) is 7.34. The zero-order chi connectivity index (χ0) is 17.8. The number of aromatic nitrogens is 3. The third-order valence-electron chi connectivity index (χ3n) is 4.11. The number of nitrogens with zero attached hydrogens (tertiary/aromatic N) is 4. The Morgan fingerprint density at radius 1 is 1.28 bits per heavy atom. The second-order valence-electron chi connectivity index (χ2n) is 6.09. The zero-order valence-electron chi connectivity index (χ0n) is 14.8. The van der Waals surface area contributed by atoms with Gasteiger partial charge in [0.2, 0.25) is 0 Å². The van der Waals surface area contributed by atoms with Crippen molar-refractivity contribution in [1.82, 2.24) is 19.8 Å². The molecule has 0 N–H and O–H groups in total. The summed E-state index contributed by atoms with van der Waals surface area (Å²) in [5.41, 5.74) is 3.48. The fraction of sp³-hybridized carbons (Fsp3) is 0.316. The van der Waals surface area contributed by atoms with Crippen LogP contribution in [0, 0.1) is 6.92 Å². The van der Waals surface area contributed by atoms with E-state index in [1.54, 1.807) is 18.1 Å². The van der Waals surface area contributed by atoms with Gasteiger partial charge in [-0.2, -0.15) is 5.10 Å². The lowest BCUT2D eigenvalue weighted by Crippen LogP contribution is -2.27. The first-order valence-corrected chi connectivity index (χ1v) is 8.34. The van der Waals surface area contributed by atoms with E-state index in [0.29, 0.717) is 18.7 Å². The second-order valence-corrected chi connectivity index (χ2v) is 6.09. The van der Waals surface area contributed by atoms with Crippen molar-refractivity contribution in [3.63, 3.8) is 0 Å². The number of aryl methyl sites for hydroxylation is 1. The van der Waals surface area contributed by atoms with Gasteiger partial charge in [-0.1, -0.05) is 42.4 Å². The largest absolute Gasteiger partial charge is 0.361 e. The maximum atomic E-state index is 12.8. The molecule has 6 nitrogen and oxygen atoms in total. The summed E-state index contributed by atoms with van der Waals surface area (Å²) in [6.07, 6.45) is 2.40. The molecule has 0 aliphatic rings. The summed E-state index contributed by atoms with van der Waals surface area (Å²) in [6.45, 7) is 4.93. The molecule has 0 aliphatic heterocycles. The minimum Gasteiger partial charge on any atom is -0.361 e. The number of carbonyl (C=O) groups is 1. The number of hydrogen-bond acceptors (Lipinski definition) is 4. The molecule has 130 valence electrons. The molecule has 1 amide bonds. The van der Waals surface area contributed by atoms with E-state index < -0.39 is 0 Å². The van der Waals surface area contributed by atoms with E-state index in [9.17, 15) is 4.79 Å². The maximum Gasteiger partial charge on any atom is 0.257 e. The van der Waals surface area contributed by atoms with Gasteiger partial charge in [0.05, 0.1) is 30.5 Å². The lowest BCUT2D eigenvalue weighted by molar-refractivity contribution is 0.0781. The topological polar surface area (TPSA) is 64.2 Å². The first-order valence-electron chi connectivity index (χ1n) is 8.34. The Kier molecular flexibility index (Phi) is 4.97. The van der Waals surface area contributed by atoms with Gasteiger partial charge < -0.3 is 9.42 Å². The van der Waals surface area contributed by atoms with Gasteiger partial charge in [0.1, 0.15) is 11.5 Å². The molecule has 0 aliphatic carbocycles. The van der Waals surface area contributed by atoms with Crippen LogP contribution in [0.1, 0.15) is 40.0 Å². The minimum absolute atomic E-state index is 0.0585. The molecule has 25 heavy (non-hydrogen) atoms. The van der Waals surface area contributed by atoms with E-state index in [1.165, 1.54) is 0 Å². The summed E-state index contributed by atoms with van der Waals surface area (Å²) in [7, 11) is 1.76. The molecule has 0 atom stereocenters. The van der Waals surface area contributed by atoms with Gasteiger partial charge in [-0.3, -0.25) is 9.48 Å². The fourth-order valence-corrected chi connectivity index (χ4v) is 2.87. The first kappa shape index (κ1) is 17.0. The van der Waals surface area contributed by atoms with Crippen molar-refractivity contribution in [3.8, 4) is 0 Å². The number of rotatable bonds is 6. The molecule has 2 heterocycles. The van der Waals surface area contributed by atoms with Crippen LogP contribution in [-0.2, 0) is 19.5 Å². The molecule has 0 unspecified atom stereocenters. The monoisotopic (exact) mass is 338 g/mol. The Morgan fingerprint density at radius 2 is 2.04 bits per heavy atom. The van der Waals surface area contributed by atoms with Gasteiger partial charge >= 0.3 is 0 Å². The van der Waals surface area contributed by atoms with Crippen LogP contribution in [0.2, 0.25) is 0 Å². The number of hydrogen-bond donors (Lipinski definition) is 0. The molecule has 2 aromatic heterocycles. The summed E-state index contributed by atoms with van der Waals surface area (Å²) in [4.78, 5) is 14.5. The average molecular weight is 338 g/mol. The van der Waals surface area contributed by atoms with Crippen molar-refractivity contribution < 1.29 is 9.32 Å². The van der Waals surface area contributed by atoms with Gasteiger partial charge in [0.25, 0.3) is 5.91 Å². The smallest absolute Gasteiger partial charge is 0.257 e. The van der Waals surface area contributed by atoms with Crippen molar-refractivity contribution in [2.24, 2.45) is 0 Å². The molecular weight excluding hydrogens is 316 g/mol. The normalized spacial score (nSPS) is 10.8.